The lowest BCUT2D eigenvalue weighted by Crippen LogP contribution is -2.59. The van der Waals surface area contributed by atoms with Crippen molar-refractivity contribution in [3.05, 3.63) is 0 Å². The highest BCUT2D eigenvalue weighted by molar-refractivity contribution is 6.60. The summed E-state index contributed by atoms with van der Waals surface area (Å²) in [6.45, 7) is 7.60. The molecule has 0 aromatic carbocycles. The van der Waals surface area contributed by atoms with E-state index in [2.05, 4.69) is 26.1 Å². The Bertz CT molecular complexity index is 398. The van der Waals surface area contributed by atoms with E-state index in [0.29, 0.717) is 6.04 Å². The number of hydrogen-bond donors (Lipinski definition) is 2. The minimum atomic E-state index is -2.65. The number of hydrogen-bond acceptors (Lipinski definition) is 5. The smallest absolute Gasteiger partial charge is 0.377 e. The fourth-order valence-corrected chi connectivity index (χ4v) is 6.29. The molecule has 0 rings (SSSR count). The fraction of sp³-hybridized carbons (Fsp3) is 1.00. The molecule has 3 N–H and O–H groups in total. The SMILES string of the molecule is CCCCCCCCCCCCCCCCCCNC(C)(C)C(N)C[Si](OC)(OC)OC. The molecule has 6 heteroatoms. The highest BCUT2D eigenvalue weighted by Gasteiger charge is 2.43. The van der Waals surface area contributed by atoms with Gasteiger partial charge in [0.25, 0.3) is 0 Å². The lowest BCUT2D eigenvalue weighted by molar-refractivity contribution is 0.117. The molecule has 0 aliphatic rings. The highest BCUT2D eigenvalue weighted by Crippen LogP contribution is 2.21. The summed E-state index contributed by atoms with van der Waals surface area (Å²) in [4.78, 5) is 0. The van der Waals surface area contributed by atoms with Crippen LogP contribution in [0.15, 0.2) is 0 Å². The minimum Gasteiger partial charge on any atom is -0.377 e. The van der Waals surface area contributed by atoms with Gasteiger partial charge < -0.3 is 24.3 Å². The Hall–Kier alpha value is 0.0169. The highest BCUT2D eigenvalue weighted by atomic mass is 28.4. The van der Waals surface area contributed by atoms with E-state index in [0.717, 1.165) is 6.54 Å². The van der Waals surface area contributed by atoms with Crippen LogP contribution in [0.2, 0.25) is 6.04 Å². The summed E-state index contributed by atoms with van der Waals surface area (Å²) >= 11 is 0. The third-order valence-corrected chi connectivity index (χ3v) is 9.75. The molecule has 194 valence electrons. The topological polar surface area (TPSA) is 65.7 Å². The van der Waals surface area contributed by atoms with E-state index < -0.39 is 8.80 Å². The van der Waals surface area contributed by atoms with Crippen molar-refractivity contribution < 1.29 is 13.3 Å². The normalized spacial score (nSPS) is 13.6. The first-order valence-corrected chi connectivity index (χ1v) is 15.5. The standard InChI is InChI=1S/C26H58N2O3Si/c1-7-8-9-10-11-12-13-14-15-16-17-18-19-20-21-22-23-28-26(2,3)25(27)24-32(29-4,30-5)31-6/h25,28H,7-24,27H2,1-6H3. The van der Waals surface area contributed by atoms with Crippen molar-refractivity contribution in [1.82, 2.24) is 5.32 Å². The predicted molar refractivity (Wildman–Crippen MR) is 141 cm³/mol. The fourth-order valence-electron chi connectivity index (χ4n) is 4.24. The second kappa shape index (κ2) is 20.4. The Morgan fingerprint density at radius 1 is 0.656 bits per heavy atom. The van der Waals surface area contributed by atoms with Gasteiger partial charge in [-0.05, 0) is 26.8 Å². The molecule has 0 radical (unpaired) electrons. The maximum atomic E-state index is 6.47. The number of nitrogens with one attached hydrogen (secondary N) is 1. The third-order valence-electron chi connectivity index (χ3n) is 6.94. The Kier molecular flexibility index (Phi) is 20.4. The molecule has 5 nitrogen and oxygen atoms in total. The van der Waals surface area contributed by atoms with Gasteiger partial charge in [-0.1, -0.05) is 103 Å². The average Bonchev–Trinajstić information content (AvgIpc) is 2.79. The summed E-state index contributed by atoms with van der Waals surface area (Å²) in [5, 5.41) is 3.63. The van der Waals surface area contributed by atoms with Crippen LogP contribution in [0.4, 0.5) is 0 Å². The molecule has 32 heavy (non-hydrogen) atoms. The van der Waals surface area contributed by atoms with Crippen LogP contribution in [0.1, 0.15) is 124 Å². The van der Waals surface area contributed by atoms with Crippen LogP contribution in [0, 0.1) is 0 Å². The minimum absolute atomic E-state index is 0.0879. The average molecular weight is 475 g/mol. The van der Waals surface area contributed by atoms with Crippen molar-refractivity contribution in [2.24, 2.45) is 5.73 Å². The molecule has 0 bridgehead atoms. The molecule has 0 spiro atoms. The molecule has 0 aromatic rings. The molecule has 0 saturated carbocycles. The van der Waals surface area contributed by atoms with Crippen LogP contribution in [0.3, 0.4) is 0 Å². The second-order valence-corrected chi connectivity index (χ2v) is 13.1. The predicted octanol–water partition coefficient (Wildman–Crippen LogP) is 6.82. The summed E-state index contributed by atoms with van der Waals surface area (Å²) in [5.41, 5.74) is 6.29. The Morgan fingerprint density at radius 3 is 1.34 bits per heavy atom. The van der Waals surface area contributed by atoms with Crippen molar-refractivity contribution in [3.63, 3.8) is 0 Å². The van der Waals surface area contributed by atoms with E-state index in [4.69, 9.17) is 19.0 Å². The maximum absolute atomic E-state index is 6.47. The Balaban J connectivity index is 3.59. The second-order valence-electron chi connectivity index (χ2n) is 10.1. The summed E-state index contributed by atoms with van der Waals surface area (Å²) in [6, 6.07) is 0.519. The van der Waals surface area contributed by atoms with E-state index >= 15 is 0 Å². The summed E-state index contributed by atoms with van der Waals surface area (Å²) < 4.78 is 16.6. The van der Waals surface area contributed by atoms with E-state index in [-0.39, 0.29) is 11.6 Å². The van der Waals surface area contributed by atoms with Gasteiger partial charge in [0.05, 0.1) is 0 Å². The monoisotopic (exact) mass is 474 g/mol. The van der Waals surface area contributed by atoms with Crippen molar-refractivity contribution in [3.8, 4) is 0 Å². The van der Waals surface area contributed by atoms with Crippen LogP contribution in [0.25, 0.3) is 0 Å². The van der Waals surface area contributed by atoms with E-state index in [1.54, 1.807) is 21.3 Å². The first-order chi connectivity index (χ1) is 15.4. The van der Waals surface area contributed by atoms with Crippen LogP contribution < -0.4 is 11.1 Å². The molecule has 0 aliphatic heterocycles. The summed E-state index contributed by atoms with van der Waals surface area (Å²) in [7, 11) is 2.28. The largest absolute Gasteiger partial charge is 0.501 e. The third kappa shape index (κ3) is 15.8. The number of rotatable bonds is 24. The van der Waals surface area contributed by atoms with Gasteiger partial charge in [-0.2, -0.15) is 0 Å². The maximum Gasteiger partial charge on any atom is 0.501 e. The lowest BCUT2D eigenvalue weighted by Gasteiger charge is -2.36. The quantitative estimate of drug-likeness (QED) is 0.119. The molecule has 0 heterocycles. The first-order valence-electron chi connectivity index (χ1n) is 13.5. The Labute approximate surface area is 202 Å². The van der Waals surface area contributed by atoms with Gasteiger partial charge in [-0.25, -0.2) is 0 Å². The van der Waals surface area contributed by atoms with Gasteiger partial charge in [0.2, 0.25) is 0 Å². The zero-order chi connectivity index (χ0) is 24.1. The number of unbranched alkanes of at least 4 members (excludes halogenated alkanes) is 15. The molecule has 1 atom stereocenters. The van der Waals surface area contributed by atoms with Crippen molar-refractivity contribution >= 4 is 8.80 Å². The van der Waals surface area contributed by atoms with Crippen molar-refractivity contribution in [2.45, 2.75) is 141 Å². The van der Waals surface area contributed by atoms with Crippen LogP contribution in [-0.2, 0) is 13.3 Å². The number of nitrogens with two attached hydrogens (primary N) is 1. The van der Waals surface area contributed by atoms with Gasteiger partial charge in [0.1, 0.15) is 0 Å². The van der Waals surface area contributed by atoms with Gasteiger partial charge in [-0.15, -0.1) is 0 Å². The van der Waals surface area contributed by atoms with Crippen molar-refractivity contribution in [1.29, 1.82) is 0 Å². The molecule has 0 saturated heterocycles. The van der Waals surface area contributed by atoms with Gasteiger partial charge >= 0.3 is 8.80 Å². The van der Waals surface area contributed by atoms with E-state index in [9.17, 15) is 0 Å². The zero-order valence-corrected chi connectivity index (χ0v) is 23.6. The lowest BCUT2D eigenvalue weighted by atomic mass is 9.96. The molecule has 0 amide bonds. The van der Waals surface area contributed by atoms with Crippen LogP contribution >= 0.6 is 0 Å². The molecule has 0 aromatic heterocycles. The molecular weight excluding hydrogens is 416 g/mol. The molecule has 0 aliphatic carbocycles. The van der Waals surface area contributed by atoms with Crippen LogP contribution in [-0.4, -0.2) is 48.3 Å². The summed E-state index contributed by atoms with van der Waals surface area (Å²) in [5.74, 6) is 0. The van der Waals surface area contributed by atoms with Gasteiger partial charge in [-0.3, -0.25) is 0 Å². The molecule has 0 fully saturated rings. The van der Waals surface area contributed by atoms with E-state index in [1.807, 2.05) is 0 Å². The summed E-state index contributed by atoms with van der Waals surface area (Å²) in [6.07, 6.45) is 22.4. The van der Waals surface area contributed by atoms with E-state index in [1.165, 1.54) is 103 Å². The zero-order valence-electron chi connectivity index (χ0n) is 22.6. The van der Waals surface area contributed by atoms with Gasteiger partial charge in [0.15, 0.2) is 0 Å². The molecule has 1 unspecified atom stereocenters. The Morgan fingerprint density at radius 2 is 1.00 bits per heavy atom. The van der Waals surface area contributed by atoms with Gasteiger partial charge in [0, 0.05) is 39.0 Å². The first kappa shape index (κ1) is 32.0. The molecular formula is C26H58N2O3Si. The van der Waals surface area contributed by atoms with Crippen LogP contribution in [0.5, 0.6) is 0 Å². The van der Waals surface area contributed by atoms with Crippen molar-refractivity contribution in [2.75, 3.05) is 27.9 Å².